The van der Waals surface area contributed by atoms with Gasteiger partial charge in [-0.1, -0.05) is 30.3 Å². The quantitative estimate of drug-likeness (QED) is 0.534. The minimum Gasteiger partial charge on any atom is -0.464 e. The zero-order chi connectivity index (χ0) is 22.6. The number of hydrogen-bond donors (Lipinski definition) is 0. The smallest absolute Gasteiger partial charge is 0.411 e. The normalized spacial score (nSPS) is 23.2. The van der Waals surface area contributed by atoms with Gasteiger partial charge in [0.2, 0.25) is 0 Å². The Morgan fingerprint density at radius 2 is 1.77 bits per heavy atom. The Kier molecular flexibility index (Phi) is 7.08. The van der Waals surface area contributed by atoms with Crippen LogP contribution in [-0.4, -0.2) is 65.3 Å². The van der Waals surface area contributed by atoms with Crippen molar-refractivity contribution in [2.75, 3.05) is 19.7 Å². The van der Waals surface area contributed by atoms with Gasteiger partial charge < -0.3 is 19.1 Å². The number of esters is 1. The lowest BCUT2D eigenvalue weighted by Crippen LogP contribution is -2.55. The molecule has 0 aliphatic carbocycles. The average Bonchev–Trinajstić information content (AvgIpc) is 3.10. The summed E-state index contributed by atoms with van der Waals surface area (Å²) in [5, 5.41) is 0. The molecule has 1 unspecified atom stereocenters. The molecule has 2 aliphatic rings. The van der Waals surface area contributed by atoms with Crippen LogP contribution in [0.2, 0.25) is 0 Å². The van der Waals surface area contributed by atoms with Gasteiger partial charge in [0.15, 0.2) is 0 Å². The van der Waals surface area contributed by atoms with Crippen LogP contribution < -0.4 is 0 Å². The number of likely N-dealkylation sites (tertiary alicyclic amines) is 2. The summed E-state index contributed by atoms with van der Waals surface area (Å²) in [6, 6.07) is 8.45. The Bertz CT molecular complexity index is 791. The second-order valence-corrected chi connectivity index (χ2v) is 8.99. The van der Waals surface area contributed by atoms with E-state index in [-0.39, 0.29) is 25.2 Å². The van der Waals surface area contributed by atoms with Gasteiger partial charge in [-0.15, -0.1) is 0 Å². The van der Waals surface area contributed by atoms with E-state index in [0.29, 0.717) is 25.9 Å². The van der Waals surface area contributed by atoms with Gasteiger partial charge in [0.1, 0.15) is 18.2 Å². The molecule has 2 saturated heterocycles. The summed E-state index contributed by atoms with van der Waals surface area (Å²) in [5.41, 5.74) is 0.210. The number of hydrogen-bond acceptors (Lipinski definition) is 6. The molecule has 170 valence electrons. The second kappa shape index (κ2) is 9.58. The lowest BCUT2D eigenvalue weighted by Gasteiger charge is -2.38. The van der Waals surface area contributed by atoms with E-state index in [1.54, 1.807) is 32.6 Å². The number of piperidine rings is 1. The summed E-state index contributed by atoms with van der Waals surface area (Å²) in [4.78, 5) is 41.3. The third-order valence-electron chi connectivity index (χ3n) is 5.57. The van der Waals surface area contributed by atoms with Crippen molar-refractivity contribution < 1.29 is 28.6 Å². The van der Waals surface area contributed by atoms with Crippen LogP contribution in [0.5, 0.6) is 0 Å². The molecule has 31 heavy (non-hydrogen) atoms. The van der Waals surface area contributed by atoms with E-state index in [4.69, 9.17) is 14.2 Å². The minimum atomic E-state index is -0.704. The monoisotopic (exact) mass is 432 g/mol. The number of nitrogens with zero attached hydrogens (tertiary/aromatic N) is 2. The second-order valence-electron chi connectivity index (χ2n) is 8.99. The molecule has 2 fully saturated rings. The van der Waals surface area contributed by atoms with Crippen LogP contribution in [0.1, 0.15) is 46.1 Å². The number of rotatable bonds is 4. The maximum absolute atomic E-state index is 13.0. The van der Waals surface area contributed by atoms with Crippen LogP contribution in [0.25, 0.3) is 0 Å². The van der Waals surface area contributed by atoms with Gasteiger partial charge >= 0.3 is 18.2 Å². The van der Waals surface area contributed by atoms with Gasteiger partial charge in [-0.2, -0.15) is 0 Å². The molecular weight excluding hydrogens is 400 g/mol. The van der Waals surface area contributed by atoms with Crippen molar-refractivity contribution >= 4 is 18.2 Å². The lowest BCUT2D eigenvalue weighted by molar-refractivity contribution is -0.148. The van der Waals surface area contributed by atoms with E-state index in [2.05, 4.69) is 0 Å². The topological polar surface area (TPSA) is 85.4 Å². The van der Waals surface area contributed by atoms with E-state index in [1.165, 1.54) is 4.90 Å². The molecule has 8 nitrogen and oxygen atoms in total. The Morgan fingerprint density at radius 1 is 1.06 bits per heavy atom. The molecule has 0 aromatic heterocycles. The highest BCUT2D eigenvalue weighted by molar-refractivity contribution is 5.83. The molecule has 1 aromatic rings. The molecular formula is C23H32N2O6. The third-order valence-corrected chi connectivity index (χ3v) is 5.57. The first-order valence-electron chi connectivity index (χ1n) is 10.8. The molecule has 3 rings (SSSR count). The molecule has 0 N–H and O–H groups in total. The van der Waals surface area contributed by atoms with Gasteiger partial charge in [0.05, 0.1) is 12.6 Å². The molecule has 0 spiro atoms. The average molecular weight is 433 g/mol. The van der Waals surface area contributed by atoms with E-state index in [1.807, 2.05) is 30.3 Å². The van der Waals surface area contributed by atoms with Crippen molar-refractivity contribution in [2.24, 2.45) is 5.92 Å². The highest BCUT2D eigenvalue weighted by Crippen LogP contribution is 2.37. The Morgan fingerprint density at radius 3 is 2.42 bits per heavy atom. The van der Waals surface area contributed by atoms with E-state index >= 15 is 0 Å². The van der Waals surface area contributed by atoms with Crippen molar-refractivity contribution in [1.29, 1.82) is 0 Å². The molecule has 2 heterocycles. The SMILES string of the molecule is CCOC(=O)[C@@H]1C[C@@H]2CCN(C(=O)OCc3ccccc3)CC2N1C(=O)OC(C)(C)C. The summed E-state index contributed by atoms with van der Waals surface area (Å²) < 4.78 is 16.3. The Hall–Kier alpha value is -2.77. The number of carbonyl (C=O) groups excluding carboxylic acids is 3. The number of benzene rings is 1. The molecule has 2 amide bonds. The molecule has 0 radical (unpaired) electrons. The fraction of sp³-hybridized carbons (Fsp3) is 0.609. The van der Waals surface area contributed by atoms with Crippen LogP contribution in [-0.2, 0) is 25.6 Å². The summed E-state index contributed by atoms with van der Waals surface area (Å²) in [5.74, 6) is -0.332. The fourth-order valence-electron chi connectivity index (χ4n) is 4.20. The summed E-state index contributed by atoms with van der Waals surface area (Å²) in [7, 11) is 0. The van der Waals surface area contributed by atoms with Gasteiger partial charge in [0.25, 0.3) is 0 Å². The minimum absolute atomic E-state index is 0.0973. The van der Waals surface area contributed by atoms with Crippen molar-refractivity contribution in [1.82, 2.24) is 9.80 Å². The maximum Gasteiger partial charge on any atom is 0.411 e. The van der Waals surface area contributed by atoms with Crippen molar-refractivity contribution in [2.45, 2.75) is 64.8 Å². The molecule has 0 saturated carbocycles. The van der Waals surface area contributed by atoms with E-state index < -0.39 is 29.8 Å². The van der Waals surface area contributed by atoms with Crippen molar-refractivity contribution in [3.8, 4) is 0 Å². The van der Waals surface area contributed by atoms with Crippen LogP contribution >= 0.6 is 0 Å². The first-order valence-corrected chi connectivity index (χ1v) is 10.8. The van der Waals surface area contributed by atoms with Crippen LogP contribution in [0.4, 0.5) is 9.59 Å². The van der Waals surface area contributed by atoms with Crippen LogP contribution in [0, 0.1) is 5.92 Å². The first-order chi connectivity index (χ1) is 14.7. The van der Waals surface area contributed by atoms with Gasteiger partial charge in [0, 0.05) is 13.1 Å². The first kappa shape index (κ1) is 22.9. The van der Waals surface area contributed by atoms with Gasteiger partial charge in [-0.05, 0) is 52.0 Å². The van der Waals surface area contributed by atoms with Crippen LogP contribution in [0.15, 0.2) is 30.3 Å². The van der Waals surface area contributed by atoms with E-state index in [9.17, 15) is 14.4 Å². The fourth-order valence-corrected chi connectivity index (χ4v) is 4.20. The van der Waals surface area contributed by atoms with Crippen molar-refractivity contribution in [3.05, 3.63) is 35.9 Å². The van der Waals surface area contributed by atoms with Crippen molar-refractivity contribution in [3.63, 3.8) is 0 Å². The maximum atomic E-state index is 13.0. The molecule has 2 aliphatic heterocycles. The number of amides is 2. The largest absolute Gasteiger partial charge is 0.464 e. The predicted molar refractivity (Wildman–Crippen MR) is 113 cm³/mol. The number of carbonyl (C=O) groups is 3. The Labute approximate surface area is 183 Å². The molecule has 0 bridgehead atoms. The van der Waals surface area contributed by atoms with Crippen LogP contribution in [0.3, 0.4) is 0 Å². The zero-order valence-electron chi connectivity index (χ0n) is 18.7. The summed E-state index contributed by atoms with van der Waals surface area (Å²) in [6.07, 6.45) is 0.208. The van der Waals surface area contributed by atoms with Gasteiger partial charge in [-0.25, -0.2) is 14.4 Å². The summed E-state index contributed by atoms with van der Waals surface area (Å²) in [6.45, 7) is 8.34. The van der Waals surface area contributed by atoms with E-state index in [0.717, 1.165) is 5.56 Å². The number of ether oxygens (including phenoxy) is 3. The standard InChI is InChI=1S/C23H32N2O6/c1-5-29-20(26)18-13-17-11-12-24(21(27)30-15-16-9-7-6-8-10-16)14-19(17)25(18)22(28)31-23(2,3)4/h6-10,17-19H,5,11-15H2,1-4H3/t17-,18-,19?/m0/s1. The van der Waals surface area contributed by atoms with Gasteiger partial charge in [-0.3, -0.25) is 4.90 Å². The lowest BCUT2D eigenvalue weighted by atomic mass is 9.91. The third kappa shape index (κ3) is 5.68. The molecule has 1 aromatic carbocycles. The predicted octanol–water partition coefficient (Wildman–Crippen LogP) is 3.59. The molecule has 8 heteroatoms. The highest BCUT2D eigenvalue weighted by atomic mass is 16.6. The zero-order valence-corrected chi connectivity index (χ0v) is 18.7. The number of fused-ring (bicyclic) bond motifs is 1. The molecule has 3 atom stereocenters. The Balaban J connectivity index is 1.71. The highest BCUT2D eigenvalue weighted by Gasteiger charge is 2.51. The summed E-state index contributed by atoms with van der Waals surface area (Å²) >= 11 is 0.